The van der Waals surface area contributed by atoms with Crippen LogP contribution in [-0.2, 0) is 11.0 Å². The standard InChI is InChI=1S/C23H36N4O5Si/c1-23(2,3)33(5,6)32-20-15-26(10-9-18(20)25-22(29)30)11-12-27-19-13-16(31-4)7-8-17(19)24-14-21(27)28/h7-8,13-14,18,20,25H,9-12,15H2,1-6H3,(H,29,30)/t18-,20-/m0/s1. The van der Waals surface area contributed by atoms with Gasteiger partial charge < -0.3 is 24.2 Å². The summed E-state index contributed by atoms with van der Waals surface area (Å²) in [5.74, 6) is 0.673. The lowest BCUT2D eigenvalue weighted by molar-refractivity contribution is 0.0468. The van der Waals surface area contributed by atoms with E-state index in [1.807, 2.05) is 18.2 Å². The van der Waals surface area contributed by atoms with Crippen LogP contribution in [0.2, 0.25) is 18.1 Å². The molecule has 0 spiro atoms. The van der Waals surface area contributed by atoms with Crippen LogP contribution in [0.3, 0.4) is 0 Å². The molecule has 0 bridgehead atoms. The van der Waals surface area contributed by atoms with Crippen LogP contribution in [0.25, 0.3) is 11.0 Å². The van der Waals surface area contributed by atoms with Gasteiger partial charge >= 0.3 is 6.09 Å². The number of ether oxygens (including phenoxy) is 1. The van der Waals surface area contributed by atoms with Gasteiger partial charge in [0.1, 0.15) is 5.75 Å². The van der Waals surface area contributed by atoms with Gasteiger partial charge in [-0.25, -0.2) is 9.78 Å². The number of amides is 1. The van der Waals surface area contributed by atoms with Crippen molar-refractivity contribution in [2.24, 2.45) is 0 Å². The van der Waals surface area contributed by atoms with Crippen molar-refractivity contribution in [1.82, 2.24) is 19.8 Å². The Labute approximate surface area is 195 Å². The third-order valence-corrected chi connectivity index (χ3v) is 11.4. The molecule has 10 heteroatoms. The van der Waals surface area contributed by atoms with E-state index >= 15 is 0 Å². The summed E-state index contributed by atoms with van der Waals surface area (Å²) in [7, 11) is -0.499. The Hall–Kier alpha value is -2.43. The molecule has 1 aliphatic heterocycles. The van der Waals surface area contributed by atoms with Crippen molar-refractivity contribution in [3.8, 4) is 5.75 Å². The summed E-state index contributed by atoms with van der Waals surface area (Å²) in [5.41, 5.74) is 1.31. The van der Waals surface area contributed by atoms with Gasteiger partial charge in [-0.3, -0.25) is 9.69 Å². The smallest absolute Gasteiger partial charge is 0.404 e. The van der Waals surface area contributed by atoms with Crippen LogP contribution in [-0.4, -0.2) is 72.9 Å². The number of likely N-dealkylation sites (tertiary alicyclic amines) is 1. The molecule has 33 heavy (non-hydrogen) atoms. The minimum atomic E-state index is -2.09. The Morgan fingerprint density at radius 2 is 2.03 bits per heavy atom. The molecular weight excluding hydrogens is 440 g/mol. The molecule has 2 heterocycles. The molecule has 1 aromatic carbocycles. The Bertz CT molecular complexity index is 1050. The molecule has 2 N–H and O–H groups in total. The van der Waals surface area contributed by atoms with Gasteiger partial charge in [0.25, 0.3) is 5.56 Å². The van der Waals surface area contributed by atoms with Gasteiger partial charge in [0.2, 0.25) is 0 Å². The van der Waals surface area contributed by atoms with Gasteiger partial charge in [-0.2, -0.15) is 0 Å². The first kappa shape index (κ1) is 25.2. The topological polar surface area (TPSA) is 106 Å². The number of rotatable bonds is 7. The highest BCUT2D eigenvalue weighted by atomic mass is 28.4. The molecule has 1 amide bonds. The molecule has 9 nitrogen and oxygen atoms in total. The fraction of sp³-hybridized carbons (Fsp3) is 0.609. The zero-order valence-electron chi connectivity index (χ0n) is 20.4. The summed E-state index contributed by atoms with van der Waals surface area (Å²) in [6, 6.07) is 5.25. The SMILES string of the molecule is COc1ccc2ncc(=O)n(CCN3CC[C@H](NC(=O)O)[C@@H](O[Si](C)(C)C(C)(C)C)C3)c2c1. The number of methoxy groups -OCH3 is 1. The Morgan fingerprint density at radius 1 is 1.30 bits per heavy atom. The molecular formula is C23H36N4O5Si. The first-order valence-electron chi connectivity index (χ1n) is 11.3. The van der Waals surface area contributed by atoms with Gasteiger partial charge in [0.05, 0.1) is 36.5 Å². The van der Waals surface area contributed by atoms with Crippen LogP contribution in [0.1, 0.15) is 27.2 Å². The summed E-state index contributed by atoms with van der Waals surface area (Å²) in [5, 5.41) is 12.0. The van der Waals surface area contributed by atoms with Crippen LogP contribution < -0.4 is 15.6 Å². The van der Waals surface area contributed by atoms with E-state index in [9.17, 15) is 14.7 Å². The molecule has 0 unspecified atom stereocenters. The second kappa shape index (κ2) is 9.82. The highest BCUT2D eigenvalue weighted by Crippen LogP contribution is 2.38. The van der Waals surface area contributed by atoms with E-state index in [1.54, 1.807) is 11.7 Å². The average Bonchev–Trinajstić information content (AvgIpc) is 2.73. The minimum Gasteiger partial charge on any atom is -0.497 e. The maximum Gasteiger partial charge on any atom is 0.404 e. The number of benzene rings is 1. The van der Waals surface area contributed by atoms with Crippen LogP contribution in [0.5, 0.6) is 5.75 Å². The fourth-order valence-corrected chi connectivity index (χ4v) is 5.27. The molecule has 1 saturated heterocycles. The predicted octanol–water partition coefficient (Wildman–Crippen LogP) is 3.14. The number of piperidine rings is 1. The quantitative estimate of drug-likeness (QED) is 0.591. The van der Waals surface area contributed by atoms with Crippen molar-refractivity contribution in [1.29, 1.82) is 0 Å². The number of nitrogens with zero attached hydrogens (tertiary/aromatic N) is 3. The second-order valence-electron chi connectivity index (χ2n) is 10.2. The molecule has 1 fully saturated rings. The highest BCUT2D eigenvalue weighted by Gasteiger charge is 2.42. The molecule has 2 aromatic rings. The zero-order chi connectivity index (χ0) is 24.4. The zero-order valence-corrected chi connectivity index (χ0v) is 21.4. The largest absolute Gasteiger partial charge is 0.497 e. The lowest BCUT2D eigenvalue weighted by Crippen LogP contribution is -2.59. The number of carboxylic acid groups (broad SMARTS) is 1. The summed E-state index contributed by atoms with van der Waals surface area (Å²) < 4.78 is 13.7. The second-order valence-corrected chi connectivity index (χ2v) is 14.9. The third kappa shape index (κ3) is 5.93. The molecule has 0 aliphatic carbocycles. The van der Waals surface area contributed by atoms with Crippen LogP contribution in [0.15, 0.2) is 29.2 Å². The highest BCUT2D eigenvalue weighted by molar-refractivity contribution is 6.74. The molecule has 2 atom stereocenters. The summed E-state index contributed by atoms with van der Waals surface area (Å²) in [6.07, 6.45) is 0.745. The van der Waals surface area contributed by atoms with Gasteiger partial charge in [-0.15, -0.1) is 0 Å². The number of aromatic nitrogens is 2. The van der Waals surface area contributed by atoms with E-state index in [0.29, 0.717) is 31.8 Å². The van der Waals surface area contributed by atoms with Crippen molar-refractivity contribution in [2.45, 2.75) is 64.0 Å². The van der Waals surface area contributed by atoms with Crippen molar-refractivity contribution in [3.05, 3.63) is 34.7 Å². The normalized spacial score (nSPS) is 20.1. The Morgan fingerprint density at radius 3 is 2.67 bits per heavy atom. The Balaban J connectivity index is 1.78. The number of fused-ring (bicyclic) bond motifs is 1. The monoisotopic (exact) mass is 476 g/mol. The summed E-state index contributed by atoms with van der Waals surface area (Å²) in [4.78, 5) is 30.4. The number of hydrogen-bond donors (Lipinski definition) is 2. The van der Waals surface area contributed by atoms with Crippen molar-refractivity contribution >= 4 is 25.4 Å². The van der Waals surface area contributed by atoms with Crippen LogP contribution in [0, 0.1) is 0 Å². The van der Waals surface area contributed by atoms with E-state index in [0.717, 1.165) is 17.6 Å². The average molecular weight is 477 g/mol. The van der Waals surface area contributed by atoms with Crippen molar-refractivity contribution < 1.29 is 19.1 Å². The molecule has 3 rings (SSSR count). The van der Waals surface area contributed by atoms with E-state index < -0.39 is 14.4 Å². The first-order chi connectivity index (χ1) is 15.4. The lowest BCUT2D eigenvalue weighted by atomic mass is 10.0. The lowest BCUT2D eigenvalue weighted by Gasteiger charge is -2.45. The fourth-order valence-electron chi connectivity index (χ4n) is 3.92. The molecule has 182 valence electrons. The van der Waals surface area contributed by atoms with E-state index in [1.165, 1.54) is 6.20 Å². The van der Waals surface area contributed by atoms with Gasteiger partial charge in [-0.1, -0.05) is 20.8 Å². The third-order valence-electron chi connectivity index (χ3n) is 6.90. The van der Waals surface area contributed by atoms with Crippen LogP contribution in [0.4, 0.5) is 4.79 Å². The number of carbonyl (C=O) groups is 1. The van der Waals surface area contributed by atoms with Gasteiger partial charge in [-0.05, 0) is 36.7 Å². The number of nitrogens with one attached hydrogen (secondary N) is 1. The van der Waals surface area contributed by atoms with E-state index in [2.05, 4.69) is 49.1 Å². The maximum atomic E-state index is 12.6. The van der Waals surface area contributed by atoms with Crippen molar-refractivity contribution in [3.63, 3.8) is 0 Å². The molecule has 1 aromatic heterocycles. The van der Waals surface area contributed by atoms with E-state index in [4.69, 9.17) is 9.16 Å². The van der Waals surface area contributed by atoms with Crippen molar-refractivity contribution in [2.75, 3.05) is 26.7 Å². The minimum absolute atomic E-state index is 0.0192. The van der Waals surface area contributed by atoms with Crippen LogP contribution >= 0.6 is 0 Å². The Kier molecular flexibility index (Phi) is 7.50. The van der Waals surface area contributed by atoms with Gasteiger partial charge in [0.15, 0.2) is 8.32 Å². The summed E-state index contributed by atoms with van der Waals surface area (Å²) in [6.45, 7) is 13.4. The molecule has 0 saturated carbocycles. The van der Waals surface area contributed by atoms with Gasteiger partial charge in [0, 0.05) is 32.2 Å². The molecule has 1 aliphatic rings. The first-order valence-corrected chi connectivity index (χ1v) is 14.3. The van der Waals surface area contributed by atoms with E-state index in [-0.39, 0.29) is 22.7 Å². The molecule has 0 radical (unpaired) electrons. The number of hydrogen-bond acceptors (Lipinski definition) is 6. The summed E-state index contributed by atoms with van der Waals surface area (Å²) >= 11 is 0. The predicted molar refractivity (Wildman–Crippen MR) is 131 cm³/mol. The maximum absolute atomic E-state index is 12.6.